The van der Waals surface area contributed by atoms with Crippen molar-refractivity contribution in [1.82, 2.24) is 15.1 Å². The molecule has 1 aliphatic carbocycles. The largest absolute Gasteiger partial charge is 0.310 e. The van der Waals surface area contributed by atoms with Crippen molar-refractivity contribution in [2.24, 2.45) is 5.92 Å². The van der Waals surface area contributed by atoms with Gasteiger partial charge in [-0.05, 0) is 37.8 Å². The fourth-order valence-corrected chi connectivity index (χ4v) is 3.08. The number of nitrogens with one attached hydrogen (secondary N) is 1. The van der Waals surface area contributed by atoms with Crippen molar-refractivity contribution in [1.29, 1.82) is 0 Å². The second-order valence-electron chi connectivity index (χ2n) is 5.84. The summed E-state index contributed by atoms with van der Waals surface area (Å²) in [5.74, 6) is 0.860. The van der Waals surface area contributed by atoms with Gasteiger partial charge in [-0.1, -0.05) is 31.0 Å². The molecule has 0 saturated heterocycles. The fourth-order valence-electron chi connectivity index (χ4n) is 3.08. The van der Waals surface area contributed by atoms with Gasteiger partial charge >= 0.3 is 0 Å². The highest BCUT2D eigenvalue weighted by atomic mass is 15.3. The fraction of sp³-hybridized carbons (Fsp3) is 0.471. The van der Waals surface area contributed by atoms with E-state index in [1.165, 1.54) is 31.2 Å². The second kappa shape index (κ2) is 6.23. The first-order valence-corrected chi connectivity index (χ1v) is 7.65. The Balaban J connectivity index is 1.57. The lowest BCUT2D eigenvalue weighted by atomic mass is 10.00. The number of para-hydroxylation sites is 1. The summed E-state index contributed by atoms with van der Waals surface area (Å²) in [7, 11) is 0. The quantitative estimate of drug-likeness (QED) is 0.899. The highest BCUT2D eigenvalue weighted by Crippen LogP contribution is 2.27. The minimum absolute atomic E-state index is 0.609. The molecule has 20 heavy (non-hydrogen) atoms. The van der Waals surface area contributed by atoms with Gasteiger partial charge in [0.05, 0.1) is 11.9 Å². The van der Waals surface area contributed by atoms with Gasteiger partial charge in [-0.15, -0.1) is 0 Å². The highest BCUT2D eigenvalue weighted by molar-refractivity contribution is 5.30. The van der Waals surface area contributed by atoms with Crippen LogP contribution in [0, 0.1) is 5.92 Å². The molecule has 1 unspecified atom stereocenters. The van der Waals surface area contributed by atoms with E-state index in [1.54, 1.807) is 0 Å². The monoisotopic (exact) mass is 269 g/mol. The Morgan fingerprint density at radius 3 is 2.75 bits per heavy atom. The maximum atomic E-state index is 4.44. The molecule has 1 saturated carbocycles. The third-order valence-electron chi connectivity index (χ3n) is 4.39. The molecule has 0 amide bonds. The lowest BCUT2D eigenvalue weighted by molar-refractivity contribution is 0.380. The van der Waals surface area contributed by atoms with Crippen LogP contribution in [-0.2, 0) is 6.54 Å². The van der Waals surface area contributed by atoms with Crippen LogP contribution in [0.5, 0.6) is 0 Å². The number of rotatable bonds is 5. The predicted octanol–water partition coefficient (Wildman–Crippen LogP) is 3.54. The lowest BCUT2D eigenvalue weighted by Crippen LogP contribution is -2.31. The van der Waals surface area contributed by atoms with Crippen molar-refractivity contribution in [2.75, 3.05) is 0 Å². The van der Waals surface area contributed by atoms with Gasteiger partial charge in [0.1, 0.15) is 0 Å². The Labute approximate surface area is 121 Å². The van der Waals surface area contributed by atoms with Crippen molar-refractivity contribution < 1.29 is 0 Å². The molecule has 0 bridgehead atoms. The number of benzene rings is 1. The normalized spacial score (nSPS) is 17.4. The highest BCUT2D eigenvalue weighted by Gasteiger charge is 2.20. The third-order valence-corrected chi connectivity index (χ3v) is 4.39. The van der Waals surface area contributed by atoms with Crippen LogP contribution in [0.1, 0.15) is 38.2 Å². The number of hydrogen-bond donors (Lipinski definition) is 1. The molecule has 1 fully saturated rings. The van der Waals surface area contributed by atoms with Crippen LogP contribution < -0.4 is 5.32 Å². The molecule has 0 spiro atoms. The number of aromatic nitrogens is 2. The first kappa shape index (κ1) is 13.4. The molecular weight excluding hydrogens is 246 g/mol. The molecule has 1 heterocycles. The van der Waals surface area contributed by atoms with Crippen LogP contribution in [0.2, 0.25) is 0 Å². The van der Waals surface area contributed by atoms with E-state index in [2.05, 4.69) is 35.7 Å². The number of hydrogen-bond acceptors (Lipinski definition) is 2. The standard InChI is InChI=1S/C17H23N3/c1-14(16-7-5-6-8-16)18-11-15-12-19-20(13-15)17-9-3-2-4-10-17/h2-4,9-10,12-14,16,18H,5-8,11H2,1H3. The summed E-state index contributed by atoms with van der Waals surface area (Å²) in [5.41, 5.74) is 2.36. The van der Waals surface area contributed by atoms with Crippen LogP contribution in [0.25, 0.3) is 5.69 Å². The van der Waals surface area contributed by atoms with Crippen molar-refractivity contribution in [3.05, 3.63) is 48.3 Å². The van der Waals surface area contributed by atoms with Crippen molar-refractivity contribution in [2.45, 2.75) is 45.2 Å². The lowest BCUT2D eigenvalue weighted by Gasteiger charge is -2.19. The van der Waals surface area contributed by atoms with Crippen LogP contribution in [0.4, 0.5) is 0 Å². The zero-order valence-corrected chi connectivity index (χ0v) is 12.1. The topological polar surface area (TPSA) is 29.9 Å². The van der Waals surface area contributed by atoms with Crippen molar-refractivity contribution >= 4 is 0 Å². The SMILES string of the molecule is CC(NCc1cnn(-c2ccccc2)c1)C1CCCC1. The van der Waals surface area contributed by atoms with Crippen LogP contribution >= 0.6 is 0 Å². The Bertz CT molecular complexity index is 526. The van der Waals surface area contributed by atoms with E-state index in [1.807, 2.05) is 29.1 Å². The van der Waals surface area contributed by atoms with Crippen LogP contribution in [0.15, 0.2) is 42.7 Å². The molecule has 1 aromatic heterocycles. The molecule has 0 radical (unpaired) electrons. The smallest absolute Gasteiger partial charge is 0.0645 e. The molecule has 2 aromatic rings. The van der Waals surface area contributed by atoms with Gasteiger partial charge in [-0.25, -0.2) is 4.68 Å². The van der Waals surface area contributed by atoms with Gasteiger partial charge in [-0.2, -0.15) is 5.10 Å². The Kier molecular flexibility index (Phi) is 4.16. The molecule has 1 aromatic carbocycles. The average molecular weight is 269 g/mol. The molecule has 3 nitrogen and oxygen atoms in total. The minimum Gasteiger partial charge on any atom is -0.310 e. The van der Waals surface area contributed by atoms with Gasteiger partial charge in [0.25, 0.3) is 0 Å². The van der Waals surface area contributed by atoms with E-state index in [0.29, 0.717) is 6.04 Å². The Hall–Kier alpha value is -1.61. The average Bonchev–Trinajstić information content (AvgIpc) is 3.17. The van der Waals surface area contributed by atoms with Gasteiger partial charge in [0.2, 0.25) is 0 Å². The maximum absolute atomic E-state index is 4.44. The van der Waals surface area contributed by atoms with Crippen LogP contribution in [-0.4, -0.2) is 15.8 Å². The third kappa shape index (κ3) is 3.10. The van der Waals surface area contributed by atoms with Gasteiger partial charge in [-0.3, -0.25) is 0 Å². The Morgan fingerprint density at radius 2 is 2.00 bits per heavy atom. The van der Waals surface area contributed by atoms with Gasteiger partial charge in [0, 0.05) is 24.3 Å². The predicted molar refractivity (Wildman–Crippen MR) is 81.8 cm³/mol. The van der Waals surface area contributed by atoms with Crippen molar-refractivity contribution in [3.8, 4) is 5.69 Å². The zero-order chi connectivity index (χ0) is 13.8. The van der Waals surface area contributed by atoms with Crippen molar-refractivity contribution in [3.63, 3.8) is 0 Å². The molecular formula is C17H23N3. The summed E-state index contributed by atoms with van der Waals surface area (Å²) in [4.78, 5) is 0. The van der Waals surface area contributed by atoms with Gasteiger partial charge in [0.15, 0.2) is 0 Å². The van der Waals surface area contributed by atoms with E-state index >= 15 is 0 Å². The van der Waals surface area contributed by atoms with E-state index in [9.17, 15) is 0 Å². The summed E-state index contributed by atoms with van der Waals surface area (Å²) in [5, 5.41) is 8.09. The maximum Gasteiger partial charge on any atom is 0.0645 e. The van der Waals surface area contributed by atoms with Crippen LogP contribution in [0.3, 0.4) is 0 Å². The molecule has 1 aliphatic rings. The Morgan fingerprint density at radius 1 is 1.25 bits per heavy atom. The summed E-state index contributed by atoms with van der Waals surface area (Å²) in [6, 6.07) is 10.9. The first-order valence-electron chi connectivity index (χ1n) is 7.65. The molecule has 3 heteroatoms. The molecule has 1 N–H and O–H groups in total. The summed E-state index contributed by atoms with van der Waals surface area (Å²) < 4.78 is 1.94. The second-order valence-corrected chi connectivity index (χ2v) is 5.84. The summed E-state index contributed by atoms with van der Waals surface area (Å²) in [6.07, 6.45) is 9.66. The van der Waals surface area contributed by atoms with E-state index in [4.69, 9.17) is 0 Å². The number of nitrogens with zero attached hydrogens (tertiary/aromatic N) is 2. The van der Waals surface area contributed by atoms with E-state index in [0.717, 1.165) is 18.2 Å². The summed E-state index contributed by atoms with van der Waals surface area (Å²) in [6.45, 7) is 3.22. The summed E-state index contributed by atoms with van der Waals surface area (Å²) >= 11 is 0. The zero-order valence-electron chi connectivity index (χ0n) is 12.1. The minimum atomic E-state index is 0.609. The molecule has 106 valence electrons. The molecule has 0 aliphatic heterocycles. The van der Waals surface area contributed by atoms with E-state index in [-0.39, 0.29) is 0 Å². The van der Waals surface area contributed by atoms with E-state index < -0.39 is 0 Å². The molecule has 3 rings (SSSR count). The van der Waals surface area contributed by atoms with Gasteiger partial charge < -0.3 is 5.32 Å². The molecule has 1 atom stereocenters. The first-order chi connectivity index (χ1) is 9.83.